The molecule has 0 bridgehead atoms. The molecule has 0 saturated carbocycles. The molecule has 9 heteroatoms. The number of nitrogens with zero attached hydrogens (tertiary/aromatic N) is 5. The van der Waals surface area contributed by atoms with Crippen LogP contribution in [-0.2, 0) is 4.74 Å². The summed E-state index contributed by atoms with van der Waals surface area (Å²) in [7, 11) is 0. The Morgan fingerprint density at radius 2 is 1.97 bits per heavy atom. The van der Waals surface area contributed by atoms with E-state index in [0.29, 0.717) is 43.6 Å². The molecule has 162 valence electrons. The SMILES string of the molecule is O=C(c1ccc2nc[nH]c2c1)N1CC(c2nnc(-c3ccncc3)o2)C2(CCOCC2)C1. The van der Waals surface area contributed by atoms with Crippen LogP contribution in [0.5, 0.6) is 0 Å². The van der Waals surface area contributed by atoms with Gasteiger partial charge in [-0.15, -0.1) is 10.2 Å². The maximum Gasteiger partial charge on any atom is 0.253 e. The van der Waals surface area contributed by atoms with Gasteiger partial charge in [0.15, 0.2) is 0 Å². The number of carbonyl (C=O) groups is 1. The Labute approximate surface area is 183 Å². The Kier molecular flexibility index (Phi) is 4.50. The predicted molar refractivity (Wildman–Crippen MR) is 115 cm³/mol. The van der Waals surface area contributed by atoms with Gasteiger partial charge in [-0.25, -0.2) is 4.98 Å². The minimum atomic E-state index is -0.131. The van der Waals surface area contributed by atoms with Crippen LogP contribution in [0.25, 0.3) is 22.5 Å². The molecule has 3 aromatic heterocycles. The third-order valence-corrected chi connectivity index (χ3v) is 6.76. The van der Waals surface area contributed by atoms with E-state index in [1.807, 2.05) is 35.2 Å². The fourth-order valence-electron chi connectivity index (χ4n) is 4.99. The minimum Gasteiger partial charge on any atom is -0.420 e. The van der Waals surface area contributed by atoms with Crippen molar-refractivity contribution in [2.75, 3.05) is 26.3 Å². The van der Waals surface area contributed by atoms with Crippen molar-refractivity contribution < 1.29 is 13.9 Å². The quantitative estimate of drug-likeness (QED) is 0.532. The van der Waals surface area contributed by atoms with Gasteiger partial charge in [-0.05, 0) is 43.2 Å². The number of H-pyrrole nitrogens is 1. The van der Waals surface area contributed by atoms with Crippen molar-refractivity contribution in [3.63, 3.8) is 0 Å². The fraction of sp³-hybridized carbons (Fsp3) is 0.348. The maximum atomic E-state index is 13.4. The van der Waals surface area contributed by atoms with E-state index >= 15 is 0 Å². The number of rotatable bonds is 3. The number of pyridine rings is 1. The molecule has 4 aromatic rings. The second kappa shape index (κ2) is 7.52. The van der Waals surface area contributed by atoms with E-state index in [2.05, 4.69) is 25.1 Å². The van der Waals surface area contributed by atoms with Crippen LogP contribution in [0.4, 0.5) is 0 Å². The van der Waals surface area contributed by atoms with E-state index in [1.165, 1.54) is 0 Å². The Morgan fingerprint density at radius 1 is 1.12 bits per heavy atom. The molecular formula is C23H22N6O3. The average molecular weight is 430 g/mol. The van der Waals surface area contributed by atoms with Gasteiger partial charge in [0.05, 0.1) is 23.3 Å². The van der Waals surface area contributed by atoms with Crippen molar-refractivity contribution in [3.8, 4) is 11.5 Å². The number of fused-ring (bicyclic) bond motifs is 1. The monoisotopic (exact) mass is 430 g/mol. The van der Waals surface area contributed by atoms with Crippen molar-refractivity contribution in [1.82, 2.24) is 30.0 Å². The molecule has 1 unspecified atom stereocenters. The number of amides is 1. The molecule has 2 saturated heterocycles. The van der Waals surface area contributed by atoms with E-state index in [-0.39, 0.29) is 17.2 Å². The second-order valence-electron chi connectivity index (χ2n) is 8.53. The Balaban J connectivity index is 1.32. The lowest BCUT2D eigenvalue weighted by Crippen LogP contribution is -2.37. The molecule has 9 nitrogen and oxygen atoms in total. The van der Waals surface area contributed by atoms with Crippen molar-refractivity contribution in [2.24, 2.45) is 5.41 Å². The lowest BCUT2D eigenvalue weighted by atomic mass is 9.72. The molecular weight excluding hydrogens is 408 g/mol. The Morgan fingerprint density at radius 3 is 2.81 bits per heavy atom. The highest BCUT2D eigenvalue weighted by molar-refractivity contribution is 5.97. The number of hydrogen-bond acceptors (Lipinski definition) is 7. The summed E-state index contributed by atoms with van der Waals surface area (Å²) >= 11 is 0. The van der Waals surface area contributed by atoms with Gasteiger partial charge >= 0.3 is 0 Å². The van der Waals surface area contributed by atoms with Gasteiger partial charge in [0.1, 0.15) is 0 Å². The number of likely N-dealkylation sites (tertiary alicyclic amines) is 1. The van der Waals surface area contributed by atoms with E-state index in [4.69, 9.17) is 9.15 Å². The highest BCUT2D eigenvalue weighted by Crippen LogP contribution is 2.49. The Bertz CT molecular complexity index is 1260. The molecule has 1 N–H and O–H groups in total. The molecule has 2 fully saturated rings. The van der Waals surface area contributed by atoms with Crippen molar-refractivity contribution in [3.05, 3.63) is 60.5 Å². The van der Waals surface area contributed by atoms with Gasteiger partial charge in [0.25, 0.3) is 5.91 Å². The number of hydrogen-bond donors (Lipinski definition) is 1. The van der Waals surface area contributed by atoms with Crippen molar-refractivity contribution >= 4 is 16.9 Å². The third kappa shape index (κ3) is 3.16. The van der Waals surface area contributed by atoms with Gasteiger partial charge in [-0.2, -0.15) is 0 Å². The van der Waals surface area contributed by atoms with E-state index in [0.717, 1.165) is 29.4 Å². The number of nitrogens with one attached hydrogen (secondary N) is 1. The highest BCUT2D eigenvalue weighted by atomic mass is 16.5. The zero-order valence-electron chi connectivity index (χ0n) is 17.4. The first kappa shape index (κ1) is 19.1. The summed E-state index contributed by atoms with van der Waals surface area (Å²) in [5.41, 5.74) is 3.04. The molecule has 32 heavy (non-hydrogen) atoms. The van der Waals surface area contributed by atoms with Crippen LogP contribution >= 0.6 is 0 Å². The number of aromatic nitrogens is 5. The molecule has 2 aliphatic rings. The van der Waals surface area contributed by atoms with Crippen LogP contribution in [0.2, 0.25) is 0 Å². The summed E-state index contributed by atoms with van der Waals surface area (Å²) in [6, 6.07) is 9.26. The normalized spacial score (nSPS) is 20.2. The number of carbonyl (C=O) groups excluding carboxylic acids is 1. The summed E-state index contributed by atoms with van der Waals surface area (Å²) in [5, 5.41) is 8.67. The van der Waals surface area contributed by atoms with Crippen molar-refractivity contribution in [2.45, 2.75) is 18.8 Å². The minimum absolute atomic E-state index is 0.00346. The largest absolute Gasteiger partial charge is 0.420 e. The second-order valence-corrected chi connectivity index (χ2v) is 8.53. The van der Waals surface area contributed by atoms with Crippen LogP contribution in [-0.4, -0.2) is 62.3 Å². The maximum absolute atomic E-state index is 13.4. The van der Waals surface area contributed by atoms with E-state index in [1.54, 1.807) is 18.7 Å². The number of aromatic amines is 1. The Hall–Kier alpha value is -3.59. The first-order chi connectivity index (χ1) is 15.7. The van der Waals surface area contributed by atoms with E-state index in [9.17, 15) is 4.79 Å². The molecule has 0 radical (unpaired) electrons. The molecule has 1 atom stereocenters. The predicted octanol–water partition coefficient (Wildman–Crippen LogP) is 3.04. The van der Waals surface area contributed by atoms with Gasteiger partial charge in [-0.1, -0.05) is 0 Å². The first-order valence-corrected chi connectivity index (χ1v) is 10.8. The summed E-state index contributed by atoms with van der Waals surface area (Å²) in [5.74, 6) is 1.02. The highest BCUT2D eigenvalue weighted by Gasteiger charge is 2.51. The molecule has 1 spiro atoms. The van der Waals surface area contributed by atoms with Crippen LogP contribution in [0.1, 0.15) is 35.0 Å². The molecule has 2 aliphatic heterocycles. The van der Waals surface area contributed by atoms with Gasteiger partial charge in [0, 0.05) is 55.2 Å². The fourth-order valence-corrected chi connectivity index (χ4v) is 4.99. The van der Waals surface area contributed by atoms with Crippen LogP contribution in [0.3, 0.4) is 0 Å². The van der Waals surface area contributed by atoms with Gasteiger partial charge < -0.3 is 19.0 Å². The third-order valence-electron chi connectivity index (χ3n) is 6.76. The average Bonchev–Trinajstić information content (AvgIpc) is 3.58. The van der Waals surface area contributed by atoms with Crippen LogP contribution < -0.4 is 0 Å². The zero-order valence-corrected chi connectivity index (χ0v) is 17.4. The van der Waals surface area contributed by atoms with Crippen LogP contribution in [0, 0.1) is 5.41 Å². The summed E-state index contributed by atoms with van der Waals surface area (Å²) < 4.78 is 11.8. The number of ether oxygens (including phenoxy) is 1. The smallest absolute Gasteiger partial charge is 0.253 e. The lowest BCUT2D eigenvalue weighted by molar-refractivity contribution is 0.00908. The summed E-state index contributed by atoms with van der Waals surface area (Å²) in [6.07, 6.45) is 6.75. The molecule has 1 amide bonds. The first-order valence-electron chi connectivity index (χ1n) is 10.8. The number of benzene rings is 1. The van der Waals surface area contributed by atoms with Gasteiger partial charge in [-0.3, -0.25) is 9.78 Å². The molecule has 0 aliphatic carbocycles. The molecule has 1 aromatic carbocycles. The molecule has 5 heterocycles. The topological polar surface area (TPSA) is 110 Å². The lowest BCUT2D eigenvalue weighted by Gasteiger charge is -2.36. The number of imidazole rings is 1. The van der Waals surface area contributed by atoms with Crippen molar-refractivity contribution in [1.29, 1.82) is 0 Å². The van der Waals surface area contributed by atoms with E-state index < -0.39 is 0 Å². The zero-order chi connectivity index (χ0) is 21.5. The summed E-state index contributed by atoms with van der Waals surface area (Å²) in [4.78, 5) is 26.7. The van der Waals surface area contributed by atoms with Gasteiger partial charge in [0.2, 0.25) is 11.8 Å². The summed E-state index contributed by atoms with van der Waals surface area (Å²) in [6.45, 7) is 2.53. The standard InChI is InChI=1S/C23H22N6O3/c30-22(16-1-2-18-19(11-16)26-14-25-18)29-12-17(23(13-29)5-9-31-10-6-23)21-28-27-20(32-21)15-3-7-24-8-4-15/h1-4,7-8,11,14,17H,5-6,9-10,12-13H2,(H,25,26). The van der Waals surface area contributed by atoms with Crippen LogP contribution in [0.15, 0.2) is 53.5 Å². The molecule has 6 rings (SSSR count).